The third-order valence-corrected chi connectivity index (χ3v) is 4.34. The fourth-order valence-electron chi connectivity index (χ4n) is 3.07. The molecule has 1 fully saturated rings. The highest BCUT2D eigenvalue weighted by Crippen LogP contribution is 2.40. The Labute approximate surface area is 123 Å². The van der Waals surface area contributed by atoms with Crippen molar-refractivity contribution in [3.05, 3.63) is 0 Å². The van der Waals surface area contributed by atoms with Gasteiger partial charge in [-0.15, -0.1) is 0 Å². The van der Waals surface area contributed by atoms with Gasteiger partial charge in [0.15, 0.2) is 0 Å². The van der Waals surface area contributed by atoms with Crippen molar-refractivity contribution in [1.82, 2.24) is 5.32 Å². The second-order valence-electron chi connectivity index (χ2n) is 7.72. The molecule has 0 unspecified atom stereocenters. The standard InChI is InChI=1S/C16H32N2O2/c1-15(2,3)20-14(19)18-13-8-6-12(7-9-13)16(4,5)10-11-17/h12-13H,6-11,17H2,1-5H3,(H,18,19). The number of hydrogen-bond donors (Lipinski definition) is 2. The highest BCUT2D eigenvalue weighted by molar-refractivity contribution is 5.68. The average molecular weight is 284 g/mol. The summed E-state index contributed by atoms with van der Waals surface area (Å²) >= 11 is 0. The maximum atomic E-state index is 11.8. The van der Waals surface area contributed by atoms with Crippen LogP contribution in [-0.4, -0.2) is 24.3 Å². The van der Waals surface area contributed by atoms with Crippen LogP contribution >= 0.6 is 0 Å². The van der Waals surface area contributed by atoms with E-state index in [1.54, 1.807) is 0 Å². The normalized spacial score (nSPS) is 24.3. The van der Waals surface area contributed by atoms with Crippen molar-refractivity contribution in [3.8, 4) is 0 Å². The number of carbonyl (C=O) groups is 1. The van der Waals surface area contributed by atoms with Gasteiger partial charge in [-0.05, 0) is 70.8 Å². The molecule has 20 heavy (non-hydrogen) atoms. The molecule has 3 N–H and O–H groups in total. The maximum absolute atomic E-state index is 11.8. The first-order valence-corrected chi connectivity index (χ1v) is 7.83. The predicted molar refractivity (Wildman–Crippen MR) is 82.6 cm³/mol. The van der Waals surface area contributed by atoms with Crippen molar-refractivity contribution in [3.63, 3.8) is 0 Å². The Bertz CT molecular complexity index is 313. The van der Waals surface area contributed by atoms with Crippen LogP contribution in [0.5, 0.6) is 0 Å². The Morgan fingerprint density at radius 2 is 1.70 bits per heavy atom. The second-order valence-corrected chi connectivity index (χ2v) is 7.72. The molecule has 0 spiro atoms. The molecule has 0 radical (unpaired) electrons. The van der Waals surface area contributed by atoms with Crippen molar-refractivity contribution in [2.45, 2.75) is 78.4 Å². The summed E-state index contributed by atoms with van der Waals surface area (Å²) in [7, 11) is 0. The lowest BCUT2D eigenvalue weighted by Gasteiger charge is -2.39. The van der Waals surface area contributed by atoms with Gasteiger partial charge in [-0.2, -0.15) is 0 Å². The zero-order valence-corrected chi connectivity index (χ0v) is 13.8. The second kappa shape index (κ2) is 6.79. The molecule has 1 aliphatic rings. The number of amides is 1. The molecule has 0 atom stereocenters. The van der Waals surface area contributed by atoms with Crippen LogP contribution < -0.4 is 11.1 Å². The van der Waals surface area contributed by atoms with Crippen LogP contribution in [0, 0.1) is 11.3 Å². The van der Waals surface area contributed by atoms with Gasteiger partial charge >= 0.3 is 6.09 Å². The molecule has 0 aromatic rings. The summed E-state index contributed by atoms with van der Waals surface area (Å²) in [4.78, 5) is 11.8. The quantitative estimate of drug-likeness (QED) is 0.831. The van der Waals surface area contributed by atoms with E-state index in [-0.39, 0.29) is 12.1 Å². The molecule has 0 aromatic heterocycles. The molecule has 1 aliphatic carbocycles. The molecule has 4 heteroatoms. The average Bonchev–Trinajstić information content (AvgIpc) is 2.26. The van der Waals surface area contributed by atoms with E-state index >= 15 is 0 Å². The Kier molecular flexibility index (Phi) is 5.87. The number of carbonyl (C=O) groups excluding carboxylic acids is 1. The van der Waals surface area contributed by atoms with Gasteiger partial charge in [-0.3, -0.25) is 0 Å². The number of nitrogens with one attached hydrogen (secondary N) is 1. The highest BCUT2D eigenvalue weighted by Gasteiger charge is 2.33. The summed E-state index contributed by atoms with van der Waals surface area (Å²) in [5, 5.41) is 2.99. The number of hydrogen-bond acceptors (Lipinski definition) is 3. The van der Waals surface area contributed by atoms with Crippen molar-refractivity contribution in [2.24, 2.45) is 17.1 Å². The first-order valence-electron chi connectivity index (χ1n) is 7.83. The molecule has 1 rings (SSSR count). The number of nitrogens with two attached hydrogens (primary N) is 1. The van der Waals surface area contributed by atoms with Crippen LogP contribution in [0.2, 0.25) is 0 Å². The van der Waals surface area contributed by atoms with Crippen LogP contribution in [-0.2, 0) is 4.74 Å². The number of alkyl carbamates (subject to hydrolysis) is 1. The smallest absolute Gasteiger partial charge is 0.407 e. The highest BCUT2D eigenvalue weighted by atomic mass is 16.6. The van der Waals surface area contributed by atoms with Crippen molar-refractivity contribution in [1.29, 1.82) is 0 Å². The molecule has 118 valence electrons. The molecule has 1 saturated carbocycles. The summed E-state index contributed by atoms with van der Waals surface area (Å²) in [6.07, 6.45) is 5.18. The minimum Gasteiger partial charge on any atom is -0.444 e. The molecule has 0 aromatic carbocycles. The first-order chi connectivity index (χ1) is 9.14. The maximum Gasteiger partial charge on any atom is 0.407 e. The molecular weight excluding hydrogens is 252 g/mol. The third kappa shape index (κ3) is 5.70. The lowest BCUT2D eigenvalue weighted by Crippen LogP contribution is -2.42. The van der Waals surface area contributed by atoms with E-state index in [0.29, 0.717) is 11.3 Å². The Morgan fingerprint density at radius 1 is 1.15 bits per heavy atom. The zero-order chi connectivity index (χ0) is 15.4. The Morgan fingerprint density at radius 3 is 2.15 bits per heavy atom. The molecule has 0 saturated heterocycles. The van der Waals surface area contributed by atoms with Crippen LogP contribution in [0.1, 0.15) is 66.7 Å². The van der Waals surface area contributed by atoms with Crippen LogP contribution in [0.25, 0.3) is 0 Å². The van der Waals surface area contributed by atoms with E-state index in [1.165, 1.54) is 0 Å². The molecule has 4 nitrogen and oxygen atoms in total. The van der Waals surface area contributed by atoms with Gasteiger partial charge in [0.2, 0.25) is 0 Å². The monoisotopic (exact) mass is 284 g/mol. The summed E-state index contributed by atoms with van der Waals surface area (Å²) in [6.45, 7) is 11.0. The largest absolute Gasteiger partial charge is 0.444 e. The van der Waals surface area contributed by atoms with Crippen molar-refractivity contribution < 1.29 is 9.53 Å². The minimum atomic E-state index is -0.426. The summed E-state index contributed by atoms with van der Waals surface area (Å²) < 4.78 is 5.31. The molecule has 0 aliphatic heterocycles. The molecule has 0 heterocycles. The van der Waals surface area contributed by atoms with E-state index in [0.717, 1.165) is 38.6 Å². The summed E-state index contributed by atoms with van der Waals surface area (Å²) in [6, 6.07) is 0.259. The Hall–Kier alpha value is -0.770. The van der Waals surface area contributed by atoms with Gasteiger partial charge < -0.3 is 15.8 Å². The minimum absolute atomic E-state index is 0.259. The van der Waals surface area contributed by atoms with Crippen molar-refractivity contribution in [2.75, 3.05) is 6.54 Å². The van der Waals surface area contributed by atoms with Gasteiger partial charge in [-0.25, -0.2) is 4.79 Å². The van der Waals surface area contributed by atoms with E-state index in [1.807, 2.05) is 20.8 Å². The number of rotatable bonds is 4. The van der Waals surface area contributed by atoms with E-state index < -0.39 is 5.60 Å². The van der Waals surface area contributed by atoms with Gasteiger partial charge in [0.05, 0.1) is 0 Å². The molecular formula is C16H32N2O2. The number of ether oxygens (including phenoxy) is 1. The lowest BCUT2D eigenvalue weighted by molar-refractivity contribution is 0.0470. The third-order valence-electron chi connectivity index (χ3n) is 4.34. The van der Waals surface area contributed by atoms with Crippen molar-refractivity contribution >= 4 is 6.09 Å². The summed E-state index contributed by atoms with van der Waals surface area (Å²) in [5.41, 5.74) is 5.58. The summed E-state index contributed by atoms with van der Waals surface area (Å²) in [5.74, 6) is 0.711. The van der Waals surface area contributed by atoms with E-state index in [9.17, 15) is 4.79 Å². The fourth-order valence-corrected chi connectivity index (χ4v) is 3.07. The lowest BCUT2D eigenvalue weighted by atomic mass is 9.68. The fraction of sp³-hybridized carbons (Fsp3) is 0.938. The predicted octanol–water partition coefficient (Wildman–Crippen LogP) is 3.44. The van der Waals surface area contributed by atoms with Crippen LogP contribution in [0.3, 0.4) is 0 Å². The van der Waals surface area contributed by atoms with Gasteiger partial charge in [0, 0.05) is 6.04 Å². The SMILES string of the molecule is CC(C)(C)OC(=O)NC1CCC(C(C)(C)CCN)CC1. The van der Waals surface area contributed by atoms with Crippen LogP contribution in [0.15, 0.2) is 0 Å². The zero-order valence-electron chi connectivity index (χ0n) is 13.8. The van der Waals surface area contributed by atoms with Gasteiger partial charge in [0.1, 0.15) is 5.60 Å². The van der Waals surface area contributed by atoms with Gasteiger partial charge in [0.25, 0.3) is 0 Å². The molecule has 0 bridgehead atoms. The van der Waals surface area contributed by atoms with E-state index in [2.05, 4.69) is 19.2 Å². The molecule has 1 amide bonds. The first kappa shape index (κ1) is 17.3. The Balaban J connectivity index is 2.37. The van der Waals surface area contributed by atoms with E-state index in [4.69, 9.17) is 10.5 Å². The van der Waals surface area contributed by atoms with Crippen LogP contribution in [0.4, 0.5) is 4.79 Å². The van der Waals surface area contributed by atoms with Gasteiger partial charge in [-0.1, -0.05) is 13.8 Å². The topological polar surface area (TPSA) is 64.3 Å².